The molecule has 1 amide bonds. The van der Waals surface area contributed by atoms with Gasteiger partial charge in [0.1, 0.15) is 0 Å². The fourth-order valence-corrected chi connectivity index (χ4v) is 5.00. The average molecular weight is 377 g/mol. The van der Waals surface area contributed by atoms with Gasteiger partial charge in [-0.05, 0) is 49.9 Å². The Morgan fingerprint density at radius 3 is 2.11 bits per heavy atom. The van der Waals surface area contributed by atoms with E-state index < -0.39 is 0 Å². The van der Waals surface area contributed by atoms with Crippen molar-refractivity contribution in [2.75, 3.05) is 19.6 Å². The summed E-state index contributed by atoms with van der Waals surface area (Å²) in [4.78, 5) is 16.2. The molecule has 3 nitrogen and oxygen atoms in total. The van der Waals surface area contributed by atoms with Crippen LogP contribution in [0.1, 0.15) is 62.1 Å². The molecule has 3 heteroatoms. The summed E-state index contributed by atoms with van der Waals surface area (Å²) in [5, 5.41) is 3.49. The Kier molecular flexibility index (Phi) is 6.11. The molecule has 1 aliphatic heterocycles. The first-order valence-electron chi connectivity index (χ1n) is 10.9. The minimum atomic E-state index is -0.377. The fraction of sp³-hybridized carbons (Fsp3) is 0.480. The molecule has 0 bridgehead atoms. The number of carbonyl (C=O) groups excluding carboxylic acids is 1. The highest BCUT2D eigenvalue weighted by atomic mass is 16.2. The van der Waals surface area contributed by atoms with Crippen LogP contribution in [0.4, 0.5) is 0 Å². The summed E-state index contributed by atoms with van der Waals surface area (Å²) in [7, 11) is 0. The highest BCUT2D eigenvalue weighted by Crippen LogP contribution is 2.40. The quantitative estimate of drug-likeness (QED) is 0.782. The number of carbonyl (C=O) groups is 1. The van der Waals surface area contributed by atoms with Crippen LogP contribution in [-0.2, 0) is 10.2 Å². The first kappa shape index (κ1) is 19.2. The van der Waals surface area contributed by atoms with E-state index in [4.69, 9.17) is 0 Å². The van der Waals surface area contributed by atoms with E-state index in [1.54, 1.807) is 0 Å². The second-order valence-electron chi connectivity index (χ2n) is 8.45. The number of hydrogen-bond donors (Lipinski definition) is 1. The maximum Gasteiger partial charge on any atom is 0.231 e. The Bertz CT molecular complexity index is 747. The minimum Gasteiger partial charge on any atom is -0.347 e. The molecule has 1 saturated heterocycles. The zero-order chi connectivity index (χ0) is 19.2. The summed E-state index contributed by atoms with van der Waals surface area (Å²) < 4.78 is 0. The molecule has 1 unspecified atom stereocenters. The highest BCUT2D eigenvalue weighted by Gasteiger charge is 2.41. The Morgan fingerprint density at radius 1 is 0.857 bits per heavy atom. The molecule has 148 valence electrons. The van der Waals surface area contributed by atoms with Gasteiger partial charge >= 0.3 is 0 Å². The summed E-state index contributed by atoms with van der Waals surface area (Å²) in [5.41, 5.74) is 2.01. The average Bonchev–Trinajstić information content (AvgIpc) is 3.28. The van der Waals surface area contributed by atoms with E-state index in [1.807, 2.05) is 12.1 Å². The molecule has 2 aliphatic rings. The lowest BCUT2D eigenvalue weighted by molar-refractivity contribution is -0.129. The molecule has 4 rings (SSSR count). The van der Waals surface area contributed by atoms with Crippen LogP contribution in [0.15, 0.2) is 60.7 Å². The van der Waals surface area contributed by atoms with E-state index in [0.717, 1.165) is 45.3 Å². The van der Waals surface area contributed by atoms with Gasteiger partial charge in [-0.2, -0.15) is 0 Å². The van der Waals surface area contributed by atoms with Gasteiger partial charge in [0.25, 0.3) is 0 Å². The monoisotopic (exact) mass is 376 g/mol. The van der Waals surface area contributed by atoms with Crippen molar-refractivity contribution in [3.8, 4) is 0 Å². The molecule has 1 atom stereocenters. The van der Waals surface area contributed by atoms with Gasteiger partial charge in [0.2, 0.25) is 5.91 Å². The van der Waals surface area contributed by atoms with E-state index in [0.29, 0.717) is 0 Å². The van der Waals surface area contributed by atoms with Crippen LogP contribution in [-0.4, -0.2) is 30.4 Å². The Morgan fingerprint density at radius 2 is 1.46 bits per heavy atom. The first-order chi connectivity index (χ1) is 13.8. The van der Waals surface area contributed by atoms with Crippen LogP contribution >= 0.6 is 0 Å². The van der Waals surface area contributed by atoms with Crippen molar-refractivity contribution in [3.63, 3.8) is 0 Å². The van der Waals surface area contributed by atoms with E-state index in [1.165, 1.54) is 30.4 Å². The van der Waals surface area contributed by atoms with Gasteiger partial charge in [-0.3, -0.25) is 4.79 Å². The zero-order valence-corrected chi connectivity index (χ0v) is 16.8. The number of nitrogens with zero attached hydrogens (tertiary/aromatic N) is 1. The predicted molar refractivity (Wildman–Crippen MR) is 114 cm³/mol. The molecule has 1 aliphatic carbocycles. The standard InChI is InChI=1S/C25H32N2O/c28-24(25(16-8-3-9-17-25)22-14-6-2-7-15-22)26-23(20-27-18-10-11-19-27)21-12-4-1-5-13-21/h1-2,4-7,12-15,23H,3,8-11,16-20H2,(H,26,28). The van der Waals surface area contributed by atoms with Crippen LogP contribution in [0.3, 0.4) is 0 Å². The lowest BCUT2D eigenvalue weighted by Gasteiger charge is -2.38. The minimum absolute atomic E-state index is 0.0503. The third-order valence-electron chi connectivity index (χ3n) is 6.61. The van der Waals surface area contributed by atoms with E-state index in [9.17, 15) is 4.79 Å². The second-order valence-corrected chi connectivity index (χ2v) is 8.45. The molecule has 2 aromatic carbocycles. The number of hydrogen-bond acceptors (Lipinski definition) is 2. The zero-order valence-electron chi connectivity index (χ0n) is 16.8. The molecule has 0 aromatic heterocycles. The molecule has 0 spiro atoms. The summed E-state index contributed by atoms with van der Waals surface area (Å²) in [5.74, 6) is 0.214. The SMILES string of the molecule is O=C(NC(CN1CCCC1)c1ccccc1)C1(c2ccccc2)CCCCC1. The van der Waals surface area contributed by atoms with E-state index in [2.05, 4.69) is 58.7 Å². The second kappa shape index (κ2) is 8.91. The van der Waals surface area contributed by atoms with Gasteiger partial charge in [-0.25, -0.2) is 0 Å². The van der Waals surface area contributed by atoms with Crippen molar-refractivity contribution in [1.29, 1.82) is 0 Å². The van der Waals surface area contributed by atoms with Crippen molar-refractivity contribution in [2.24, 2.45) is 0 Å². The van der Waals surface area contributed by atoms with Crippen LogP contribution in [0, 0.1) is 0 Å². The topological polar surface area (TPSA) is 32.3 Å². The molecular weight excluding hydrogens is 344 g/mol. The van der Waals surface area contributed by atoms with Crippen LogP contribution in [0.25, 0.3) is 0 Å². The van der Waals surface area contributed by atoms with Crippen LogP contribution in [0.2, 0.25) is 0 Å². The summed E-state index contributed by atoms with van der Waals surface area (Å²) in [6.45, 7) is 3.19. The van der Waals surface area contributed by atoms with E-state index in [-0.39, 0.29) is 17.4 Å². The third-order valence-corrected chi connectivity index (χ3v) is 6.61. The summed E-state index contributed by atoms with van der Waals surface area (Å²) >= 11 is 0. The lowest BCUT2D eigenvalue weighted by Crippen LogP contribution is -2.48. The Labute approximate surface area is 169 Å². The Balaban J connectivity index is 1.59. The first-order valence-corrected chi connectivity index (χ1v) is 10.9. The maximum atomic E-state index is 13.7. The van der Waals surface area contributed by atoms with Crippen molar-refractivity contribution in [3.05, 3.63) is 71.8 Å². The van der Waals surface area contributed by atoms with Gasteiger partial charge in [0.15, 0.2) is 0 Å². The molecule has 1 heterocycles. The van der Waals surface area contributed by atoms with Crippen molar-refractivity contribution < 1.29 is 4.79 Å². The van der Waals surface area contributed by atoms with Gasteiger partial charge < -0.3 is 10.2 Å². The molecule has 0 radical (unpaired) electrons. The molecule has 1 saturated carbocycles. The summed E-state index contributed by atoms with van der Waals surface area (Å²) in [6, 6.07) is 21.0. The number of likely N-dealkylation sites (tertiary alicyclic amines) is 1. The van der Waals surface area contributed by atoms with Gasteiger partial charge in [0, 0.05) is 6.54 Å². The summed E-state index contributed by atoms with van der Waals surface area (Å²) in [6.07, 6.45) is 7.93. The van der Waals surface area contributed by atoms with Crippen molar-refractivity contribution in [1.82, 2.24) is 10.2 Å². The third kappa shape index (κ3) is 4.15. The molecular formula is C25H32N2O. The predicted octanol–water partition coefficient (Wildman–Crippen LogP) is 4.84. The fourth-order valence-electron chi connectivity index (χ4n) is 5.00. The maximum absolute atomic E-state index is 13.7. The molecule has 1 N–H and O–H groups in total. The Hall–Kier alpha value is -2.13. The normalized spacial score (nSPS) is 20.6. The number of nitrogens with one attached hydrogen (secondary N) is 1. The van der Waals surface area contributed by atoms with Crippen molar-refractivity contribution in [2.45, 2.75) is 56.4 Å². The molecule has 2 fully saturated rings. The number of rotatable bonds is 6. The molecule has 2 aromatic rings. The van der Waals surface area contributed by atoms with Crippen LogP contribution in [0.5, 0.6) is 0 Å². The van der Waals surface area contributed by atoms with Gasteiger partial charge in [-0.1, -0.05) is 79.9 Å². The van der Waals surface area contributed by atoms with Gasteiger partial charge in [0.05, 0.1) is 11.5 Å². The number of benzene rings is 2. The smallest absolute Gasteiger partial charge is 0.231 e. The largest absolute Gasteiger partial charge is 0.347 e. The number of amides is 1. The van der Waals surface area contributed by atoms with Crippen LogP contribution < -0.4 is 5.32 Å². The highest BCUT2D eigenvalue weighted by molar-refractivity contribution is 5.88. The van der Waals surface area contributed by atoms with Crippen molar-refractivity contribution >= 4 is 5.91 Å². The molecule has 28 heavy (non-hydrogen) atoms. The van der Waals surface area contributed by atoms with E-state index >= 15 is 0 Å². The lowest BCUT2D eigenvalue weighted by atomic mass is 9.68. The van der Waals surface area contributed by atoms with Gasteiger partial charge in [-0.15, -0.1) is 0 Å².